The number of thioether (sulfide) groups is 1. The fourth-order valence-corrected chi connectivity index (χ4v) is 4.61. The van der Waals surface area contributed by atoms with E-state index in [1.54, 1.807) is 16.4 Å². The van der Waals surface area contributed by atoms with Crippen molar-refractivity contribution in [3.8, 4) is 5.75 Å². The standard InChI is InChI=1S/C25H28N4O3S/c1-17(2)19-8-10-20(11-9-19)32-14-24(31)27-25-21-15-33-16-22(21)28-29(25)13-23(30)26-12-18-6-4-3-5-7-18/h3-11,17H,12-16H2,1-2H3,(H,26,30)(H,27,31). The Hall–Kier alpha value is -3.26. The molecule has 0 atom stereocenters. The average molecular weight is 465 g/mol. The van der Waals surface area contributed by atoms with Gasteiger partial charge in [0, 0.05) is 23.6 Å². The fourth-order valence-electron chi connectivity index (χ4n) is 3.57. The summed E-state index contributed by atoms with van der Waals surface area (Å²) in [6.45, 7) is 4.63. The molecule has 0 spiro atoms. The Morgan fingerprint density at radius 2 is 1.82 bits per heavy atom. The predicted molar refractivity (Wildman–Crippen MR) is 130 cm³/mol. The van der Waals surface area contributed by atoms with E-state index >= 15 is 0 Å². The van der Waals surface area contributed by atoms with Crippen LogP contribution in [0.5, 0.6) is 5.75 Å². The van der Waals surface area contributed by atoms with Gasteiger partial charge in [0.1, 0.15) is 18.1 Å². The summed E-state index contributed by atoms with van der Waals surface area (Å²) in [7, 11) is 0. The Kier molecular flexibility index (Phi) is 7.34. The summed E-state index contributed by atoms with van der Waals surface area (Å²) >= 11 is 1.74. The number of anilines is 1. The minimum absolute atomic E-state index is 0.0393. The number of rotatable bonds is 9. The lowest BCUT2D eigenvalue weighted by molar-refractivity contribution is -0.122. The van der Waals surface area contributed by atoms with Crippen molar-refractivity contribution in [1.29, 1.82) is 0 Å². The minimum atomic E-state index is -0.284. The molecule has 1 aliphatic heterocycles. The van der Waals surface area contributed by atoms with Gasteiger partial charge >= 0.3 is 0 Å². The van der Waals surface area contributed by atoms with Crippen LogP contribution in [0.2, 0.25) is 0 Å². The quantitative estimate of drug-likeness (QED) is 0.498. The van der Waals surface area contributed by atoms with E-state index < -0.39 is 0 Å². The van der Waals surface area contributed by atoms with E-state index in [-0.39, 0.29) is 25.0 Å². The zero-order valence-corrected chi connectivity index (χ0v) is 19.7. The van der Waals surface area contributed by atoms with Gasteiger partial charge in [-0.15, -0.1) is 0 Å². The summed E-state index contributed by atoms with van der Waals surface area (Å²) in [4.78, 5) is 25.1. The third kappa shape index (κ3) is 5.96. The zero-order chi connectivity index (χ0) is 23.2. The third-order valence-corrected chi connectivity index (χ3v) is 6.39. The number of carbonyl (C=O) groups excluding carboxylic acids is 2. The van der Waals surface area contributed by atoms with Crippen molar-refractivity contribution in [3.63, 3.8) is 0 Å². The monoisotopic (exact) mass is 464 g/mol. The second-order valence-electron chi connectivity index (χ2n) is 8.25. The van der Waals surface area contributed by atoms with Crippen LogP contribution in [0.1, 0.15) is 42.1 Å². The number of amides is 2. The molecule has 2 aromatic carbocycles. The summed E-state index contributed by atoms with van der Waals surface area (Å²) < 4.78 is 7.24. The van der Waals surface area contributed by atoms with Crippen molar-refractivity contribution in [1.82, 2.24) is 15.1 Å². The Labute approximate surface area is 197 Å². The molecular weight excluding hydrogens is 436 g/mol. The summed E-state index contributed by atoms with van der Waals surface area (Å²) in [5.74, 6) is 2.74. The Balaban J connectivity index is 1.36. The summed E-state index contributed by atoms with van der Waals surface area (Å²) in [5.41, 5.74) is 4.13. The van der Waals surface area contributed by atoms with E-state index in [4.69, 9.17) is 4.74 Å². The van der Waals surface area contributed by atoms with Crippen LogP contribution in [0.4, 0.5) is 5.82 Å². The van der Waals surface area contributed by atoms with Crippen LogP contribution in [-0.2, 0) is 34.2 Å². The number of hydrogen-bond acceptors (Lipinski definition) is 5. The highest BCUT2D eigenvalue weighted by atomic mass is 32.2. The van der Waals surface area contributed by atoms with Crippen molar-refractivity contribution in [2.24, 2.45) is 0 Å². The molecule has 2 N–H and O–H groups in total. The maximum Gasteiger partial charge on any atom is 0.263 e. The van der Waals surface area contributed by atoms with E-state index in [9.17, 15) is 9.59 Å². The lowest BCUT2D eigenvalue weighted by Crippen LogP contribution is -2.29. The maximum atomic E-state index is 12.6. The number of nitrogens with one attached hydrogen (secondary N) is 2. The summed E-state index contributed by atoms with van der Waals surface area (Å²) in [6.07, 6.45) is 0. The van der Waals surface area contributed by atoms with Gasteiger partial charge in [-0.05, 0) is 29.2 Å². The molecule has 3 aromatic rings. The molecular formula is C25H28N4O3S. The molecule has 172 valence electrons. The molecule has 4 rings (SSSR count). The molecule has 0 radical (unpaired) electrons. The van der Waals surface area contributed by atoms with E-state index in [2.05, 4.69) is 29.6 Å². The number of carbonyl (C=O) groups is 2. The van der Waals surface area contributed by atoms with E-state index in [0.717, 1.165) is 28.3 Å². The first-order chi connectivity index (χ1) is 16.0. The predicted octanol–water partition coefficient (Wildman–Crippen LogP) is 4.09. The molecule has 0 bridgehead atoms. The van der Waals surface area contributed by atoms with E-state index in [1.807, 2.05) is 54.6 Å². The number of aromatic nitrogens is 2. The molecule has 0 saturated carbocycles. The van der Waals surface area contributed by atoms with Gasteiger partial charge in [-0.25, -0.2) is 4.68 Å². The summed E-state index contributed by atoms with van der Waals surface area (Å²) in [5, 5.41) is 10.4. The topological polar surface area (TPSA) is 85.2 Å². The van der Waals surface area contributed by atoms with Crippen LogP contribution in [-0.4, -0.2) is 28.2 Å². The number of nitrogens with zero attached hydrogens (tertiary/aromatic N) is 2. The van der Waals surface area contributed by atoms with Crippen LogP contribution in [0, 0.1) is 0 Å². The van der Waals surface area contributed by atoms with Crippen LogP contribution in [0.25, 0.3) is 0 Å². The van der Waals surface area contributed by atoms with Crippen LogP contribution in [0.15, 0.2) is 54.6 Å². The molecule has 0 saturated heterocycles. The Morgan fingerprint density at radius 3 is 2.55 bits per heavy atom. The van der Waals surface area contributed by atoms with Crippen LogP contribution >= 0.6 is 11.8 Å². The highest BCUT2D eigenvalue weighted by Gasteiger charge is 2.25. The molecule has 7 nitrogen and oxygen atoms in total. The van der Waals surface area contributed by atoms with Gasteiger partial charge in [-0.3, -0.25) is 9.59 Å². The summed E-state index contributed by atoms with van der Waals surface area (Å²) in [6, 6.07) is 17.5. The van der Waals surface area contributed by atoms with E-state index in [1.165, 1.54) is 5.56 Å². The first kappa shape index (κ1) is 22.9. The molecule has 2 heterocycles. The van der Waals surface area contributed by atoms with Crippen molar-refractivity contribution in [2.45, 2.75) is 44.4 Å². The molecule has 1 aliphatic rings. The second-order valence-corrected chi connectivity index (χ2v) is 9.23. The van der Waals surface area contributed by atoms with Gasteiger partial charge < -0.3 is 15.4 Å². The maximum absolute atomic E-state index is 12.6. The molecule has 1 aromatic heterocycles. The van der Waals surface area contributed by atoms with Crippen molar-refractivity contribution < 1.29 is 14.3 Å². The lowest BCUT2D eigenvalue weighted by atomic mass is 10.0. The number of ether oxygens (including phenoxy) is 1. The first-order valence-corrected chi connectivity index (χ1v) is 12.1. The molecule has 0 aliphatic carbocycles. The van der Waals surface area contributed by atoms with Crippen molar-refractivity contribution >= 4 is 29.4 Å². The van der Waals surface area contributed by atoms with Gasteiger partial charge in [0.15, 0.2) is 6.61 Å². The molecule has 33 heavy (non-hydrogen) atoms. The molecule has 0 fully saturated rings. The van der Waals surface area contributed by atoms with Gasteiger partial charge in [-0.2, -0.15) is 16.9 Å². The molecule has 8 heteroatoms. The highest BCUT2D eigenvalue weighted by molar-refractivity contribution is 7.98. The number of hydrogen-bond donors (Lipinski definition) is 2. The first-order valence-electron chi connectivity index (χ1n) is 11.0. The fraction of sp³-hybridized carbons (Fsp3) is 0.320. The average Bonchev–Trinajstić information content (AvgIpc) is 3.40. The van der Waals surface area contributed by atoms with Gasteiger partial charge in [0.2, 0.25) is 5.91 Å². The molecule has 0 unspecified atom stereocenters. The Morgan fingerprint density at radius 1 is 1.06 bits per heavy atom. The van der Waals surface area contributed by atoms with E-state index in [0.29, 0.717) is 24.0 Å². The van der Waals surface area contributed by atoms with Crippen LogP contribution < -0.4 is 15.4 Å². The Bertz CT molecular complexity index is 1110. The third-order valence-electron chi connectivity index (χ3n) is 5.42. The highest BCUT2D eigenvalue weighted by Crippen LogP contribution is 2.34. The zero-order valence-electron chi connectivity index (χ0n) is 18.8. The SMILES string of the molecule is CC(C)c1ccc(OCC(=O)Nc2c3c(nn2CC(=O)NCc2ccccc2)CSC3)cc1. The minimum Gasteiger partial charge on any atom is -0.484 e. The number of benzene rings is 2. The molecule has 2 amide bonds. The normalized spacial score (nSPS) is 12.5. The van der Waals surface area contributed by atoms with Gasteiger partial charge in [-0.1, -0.05) is 56.3 Å². The second kappa shape index (κ2) is 10.6. The van der Waals surface area contributed by atoms with Gasteiger partial charge in [0.05, 0.1) is 5.69 Å². The smallest absolute Gasteiger partial charge is 0.263 e. The lowest BCUT2D eigenvalue weighted by Gasteiger charge is -2.12. The van der Waals surface area contributed by atoms with Crippen molar-refractivity contribution in [2.75, 3.05) is 11.9 Å². The van der Waals surface area contributed by atoms with Crippen molar-refractivity contribution in [3.05, 3.63) is 77.0 Å². The van der Waals surface area contributed by atoms with Gasteiger partial charge in [0.25, 0.3) is 5.91 Å². The van der Waals surface area contributed by atoms with Crippen LogP contribution in [0.3, 0.4) is 0 Å². The largest absolute Gasteiger partial charge is 0.484 e. The number of fused-ring (bicyclic) bond motifs is 1.